The molecule has 1 aliphatic carbocycles. The molecular formula is C21H22N4O2. The maximum Gasteiger partial charge on any atom is 0.333 e. The van der Waals surface area contributed by atoms with E-state index in [0.29, 0.717) is 5.82 Å². The summed E-state index contributed by atoms with van der Waals surface area (Å²) >= 11 is 0. The Labute approximate surface area is 157 Å². The second-order valence-electron chi connectivity index (χ2n) is 6.85. The monoisotopic (exact) mass is 362 g/mol. The number of para-hydroxylation sites is 2. The molecule has 0 radical (unpaired) electrons. The normalized spacial score (nSPS) is 14.2. The van der Waals surface area contributed by atoms with Crippen LogP contribution in [-0.4, -0.2) is 20.0 Å². The lowest BCUT2D eigenvalue weighted by molar-refractivity contribution is -0.116. The number of aryl methyl sites for hydroxylation is 1. The van der Waals surface area contributed by atoms with Gasteiger partial charge in [-0.05, 0) is 56.4 Å². The van der Waals surface area contributed by atoms with Crippen molar-refractivity contribution in [2.24, 2.45) is 0 Å². The van der Waals surface area contributed by atoms with Gasteiger partial charge in [0.15, 0.2) is 0 Å². The van der Waals surface area contributed by atoms with Gasteiger partial charge in [-0.25, -0.2) is 9.78 Å². The van der Waals surface area contributed by atoms with Crippen molar-refractivity contribution in [2.75, 3.05) is 5.32 Å². The van der Waals surface area contributed by atoms with Crippen LogP contribution < -0.4 is 11.0 Å². The Kier molecular flexibility index (Phi) is 4.62. The molecule has 1 aromatic carbocycles. The van der Waals surface area contributed by atoms with E-state index in [4.69, 9.17) is 0 Å². The molecule has 0 aliphatic heterocycles. The number of aromatic nitrogens is 3. The van der Waals surface area contributed by atoms with E-state index in [2.05, 4.69) is 16.4 Å². The first-order valence-corrected chi connectivity index (χ1v) is 9.26. The fraction of sp³-hybridized carbons (Fsp3) is 0.286. The number of fused-ring (bicyclic) bond motifs is 1. The van der Waals surface area contributed by atoms with Crippen LogP contribution in [0.4, 0.5) is 5.82 Å². The predicted molar refractivity (Wildman–Crippen MR) is 107 cm³/mol. The van der Waals surface area contributed by atoms with Crippen LogP contribution in [0.25, 0.3) is 16.7 Å². The zero-order chi connectivity index (χ0) is 18.8. The molecule has 2 heterocycles. The number of nitrogens with one attached hydrogen (secondary N) is 1. The Morgan fingerprint density at radius 1 is 1.15 bits per heavy atom. The van der Waals surface area contributed by atoms with Gasteiger partial charge < -0.3 is 5.32 Å². The molecule has 0 unspecified atom stereocenters. The summed E-state index contributed by atoms with van der Waals surface area (Å²) < 4.78 is 3.30. The SMILES string of the molecule is Cc1cccnc1NC(=O)Cn1c(=O)n(C2=CCCCC2)c2ccccc21. The third kappa shape index (κ3) is 3.30. The Morgan fingerprint density at radius 3 is 2.70 bits per heavy atom. The molecular weight excluding hydrogens is 340 g/mol. The van der Waals surface area contributed by atoms with E-state index in [1.807, 2.05) is 43.3 Å². The summed E-state index contributed by atoms with van der Waals surface area (Å²) in [5.41, 5.74) is 3.35. The lowest BCUT2D eigenvalue weighted by atomic mass is 10.0. The molecule has 0 saturated carbocycles. The molecule has 2 aromatic heterocycles. The number of nitrogens with zero attached hydrogens (tertiary/aromatic N) is 3. The summed E-state index contributed by atoms with van der Waals surface area (Å²) in [6, 6.07) is 11.3. The molecule has 0 atom stereocenters. The quantitative estimate of drug-likeness (QED) is 0.771. The number of amides is 1. The molecule has 0 bridgehead atoms. The van der Waals surface area contributed by atoms with Crippen molar-refractivity contribution in [1.82, 2.24) is 14.1 Å². The van der Waals surface area contributed by atoms with Crippen LogP contribution in [0.2, 0.25) is 0 Å². The van der Waals surface area contributed by atoms with E-state index in [9.17, 15) is 9.59 Å². The van der Waals surface area contributed by atoms with Crippen molar-refractivity contribution in [2.45, 2.75) is 39.2 Å². The summed E-state index contributed by atoms with van der Waals surface area (Å²) in [5, 5.41) is 2.81. The van der Waals surface area contributed by atoms with Gasteiger partial charge in [0, 0.05) is 11.9 Å². The van der Waals surface area contributed by atoms with Crippen molar-refractivity contribution in [3.8, 4) is 0 Å². The summed E-state index contributed by atoms with van der Waals surface area (Å²) in [5.74, 6) is 0.258. The number of allylic oxidation sites excluding steroid dienone is 2. The van der Waals surface area contributed by atoms with Gasteiger partial charge in [-0.3, -0.25) is 13.9 Å². The maximum atomic E-state index is 13.1. The molecule has 0 spiro atoms. The van der Waals surface area contributed by atoms with Crippen molar-refractivity contribution in [1.29, 1.82) is 0 Å². The number of pyridine rings is 1. The van der Waals surface area contributed by atoms with Gasteiger partial charge in [-0.1, -0.05) is 24.3 Å². The number of hydrogen-bond donors (Lipinski definition) is 1. The average molecular weight is 362 g/mol. The highest BCUT2D eigenvalue weighted by atomic mass is 16.2. The molecule has 27 heavy (non-hydrogen) atoms. The van der Waals surface area contributed by atoms with Gasteiger partial charge in [0.2, 0.25) is 5.91 Å². The van der Waals surface area contributed by atoms with E-state index in [-0.39, 0.29) is 18.1 Å². The average Bonchev–Trinajstić information content (AvgIpc) is 2.96. The van der Waals surface area contributed by atoms with E-state index < -0.39 is 0 Å². The minimum atomic E-state index is -0.264. The van der Waals surface area contributed by atoms with Crippen molar-refractivity contribution in [3.05, 3.63) is 64.7 Å². The first kappa shape index (κ1) is 17.3. The van der Waals surface area contributed by atoms with Crippen LogP contribution in [-0.2, 0) is 11.3 Å². The minimum Gasteiger partial charge on any atom is -0.309 e. The second kappa shape index (κ2) is 7.23. The number of imidazole rings is 1. The summed E-state index contributed by atoms with van der Waals surface area (Å²) in [4.78, 5) is 29.9. The summed E-state index contributed by atoms with van der Waals surface area (Å²) in [6.07, 6.45) is 7.88. The first-order chi connectivity index (χ1) is 13.1. The maximum absolute atomic E-state index is 13.1. The Balaban J connectivity index is 1.71. The molecule has 138 valence electrons. The third-order valence-corrected chi connectivity index (χ3v) is 4.96. The van der Waals surface area contributed by atoms with Crippen LogP contribution in [0.1, 0.15) is 31.2 Å². The lowest BCUT2D eigenvalue weighted by Crippen LogP contribution is -2.29. The summed E-state index contributed by atoms with van der Waals surface area (Å²) in [7, 11) is 0. The van der Waals surface area contributed by atoms with Gasteiger partial charge in [0.1, 0.15) is 12.4 Å². The predicted octanol–water partition coefficient (Wildman–Crippen LogP) is 3.56. The third-order valence-electron chi connectivity index (χ3n) is 4.96. The largest absolute Gasteiger partial charge is 0.333 e. The highest BCUT2D eigenvalue weighted by molar-refractivity contribution is 5.91. The molecule has 1 amide bonds. The van der Waals surface area contributed by atoms with Crippen LogP contribution >= 0.6 is 0 Å². The molecule has 3 aromatic rings. The van der Waals surface area contributed by atoms with Crippen LogP contribution in [0.15, 0.2) is 53.5 Å². The van der Waals surface area contributed by atoms with Crippen LogP contribution in [0, 0.1) is 6.92 Å². The van der Waals surface area contributed by atoms with Crippen molar-refractivity contribution >= 4 is 28.5 Å². The number of benzene rings is 1. The highest BCUT2D eigenvalue weighted by Gasteiger charge is 2.19. The Hall–Kier alpha value is -3.15. The number of carbonyl (C=O) groups is 1. The number of carbonyl (C=O) groups excluding carboxylic acids is 1. The zero-order valence-corrected chi connectivity index (χ0v) is 15.3. The molecule has 0 saturated heterocycles. The van der Waals surface area contributed by atoms with E-state index in [1.165, 1.54) is 0 Å². The second-order valence-corrected chi connectivity index (χ2v) is 6.85. The molecule has 1 aliphatic rings. The van der Waals surface area contributed by atoms with Gasteiger partial charge in [0.05, 0.1) is 11.0 Å². The van der Waals surface area contributed by atoms with Gasteiger partial charge in [0.25, 0.3) is 0 Å². The first-order valence-electron chi connectivity index (χ1n) is 9.26. The summed E-state index contributed by atoms with van der Waals surface area (Å²) in [6.45, 7) is 1.84. The fourth-order valence-corrected chi connectivity index (χ4v) is 3.59. The van der Waals surface area contributed by atoms with Crippen LogP contribution in [0.5, 0.6) is 0 Å². The smallest absolute Gasteiger partial charge is 0.309 e. The van der Waals surface area contributed by atoms with Crippen molar-refractivity contribution < 1.29 is 4.79 Å². The molecule has 4 rings (SSSR count). The number of hydrogen-bond acceptors (Lipinski definition) is 3. The molecule has 6 heteroatoms. The van der Waals surface area contributed by atoms with Crippen molar-refractivity contribution in [3.63, 3.8) is 0 Å². The number of anilines is 1. The van der Waals surface area contributed by atoms with E-state index in [1.54, 1.807) is 15.3 Å². The molecule has 6 nitrogen and oxygen atoms in total. The highest BCUT2D eigenvalue weighted by Crippen LogP contribution is 2.24. The Morgan fingerprint density at radius 2 is 1.96 bits per heavy atom. The molecule has 1 N–H and O–H groups in total. The van der Waals surface area contributed by atoms with Gasteiger partial charge >= 0.3 is 5.69 Å². The minimum absolute atomic E-state index is 0.0460. The van der Waals surface area contributed by atoms with E-state index >= 15 is 0 Å². The lowest BCUT2D eigenvalue weighted by Gasteiger charge is -2.13. The van der Waals surface area contributed by atoms with Gasteiger partial charge in [-0.2, -0.15) is 0 Å². The van der Waals surface area contributed by atoms with E-state index in [0.717, 1.165) is 48.0 Å². The van der Waals surface area contributed by atoms with Gasteiger partial charge in [-0.15, -0.1) is 0 Å². The van der Waals surface area contributed by atoms with Crippen LogP contribution in [0.3, 0.4) is 0 Å². The fourth-order valence-electron chi connectivity index (χ4n) is 3.59. The molecule has 0 fully saturated rings. The number of rotatable bonds is 4. The Bertz CT molecular complexity index is 1090. The topological polar surface area (TPSA) is 68.9 Å². The standard InChI is InChI=1S/C21H22N4O2/c1-15-8-7-13-22-20(15)23-19(26)14-24-17-11-5-6-12-18(17)25(21(24)27)16-9-3-2-4-10-16/h5-9,11-13H,2-4,10,14H2,1H3,(H,22,23,26). The zero-order valence-electron chi connectivity index (χ0n) is 15.3.